The van der Waals surface area contributed by atoms with Crippen molar-refractivity contribution in [3.63, 3.8) is 0 Å². The molecular formula is C19H23BO2. The zero-order valence-electron chi connectivity index (χ0n) is 13.9. The van der Waals surface area contributed by atoms with Crippen LogP contribution in [0.15, 0.2) is 43.0 Å². The van der Waals surface area contributed by atoms with Crippen molar-refractivity contribution in [2.45, 2.75) is 13.3 Å². The number of ether oxygens (including phenoxy) is 2. The Morgan fingerprint density at radius 2 is 1.86 bits per heavy atom. The second-order valence-electron chi connectivity index (χ2n) is 5.61. The highest BCUT2D eigenvalue weighted by atomic mass is 16.5. The molecule has 0 bridgehead atoms. The van der Waals surface area contributed by atoms with Gasteiger partial charge in [0, 0.05) is 7.11 Å². The van der Waals surface area contributed by atoms with Crippen LogP contribution in [0.5, 0.6) is 5.75 Å². The summed E-state index contributed by atoms with van der Waals surface area (Å²) in [5.41, 5.74) is 6.97. The summed E-state index contributed by atoms with van der Waals surface area (Å²) in [5, 5.41) is 0. The van der Waals surface area contributed by atoms with Gasteiger partial charge < -0.3 is 9.47 Å². The van der Waals surface area contributed by atoms with Gasteiger partial charge in [0.05, 0.1) is 13.7 Å². The van der Waals surface area contributed by atoms with E-state index in [1.54, 1.807) is 14.2 Å². The first-order valence-corrected chi connectivity index (χ1v) is 7.49. The van der Waals surface area contributed by atoms with E-state index in [1.165, 1.54) is 11.0 Å². The average molecular weight is 294 g/mol. The van der Waals surface area contributed by atoms with Crippen LogP contribution in [0.3, 0.4) is 0 Å². The molecule has 0 N–H and O–H groups in total. The molecule has 2 aromatic carbocycles. The maximum Gasteiger partial charge on any atom is 0.139 e. The molecule has 0 atom stereocenters. The first-order chi connectivity index (χ1) is 10.5. The predicted octanol–water partition coefficient (Wildman–Crippen LogP) is 2.51. The number of aryl methyl sites for hydroxylation is 1. The third-order valence-corrected chi connectivity index (χ3v) is 3.82. The maximum atomic E-state index is 5.32. The van der Waals surface area contributed by atoms with Gasteiger partial charge >= 0.3 is 0 Å². The number of rotatable bonds is 6. The zero-order chi connectivity index (χ0) is 16.1. The molecule has 22 heavy (non-hydrogen) atoms. The molecule has 0 aromatic heterocycles. The average Bonchev–Trinajstić information content (AvgIpc) is 2.51. The molecule has 0 radical (unpaired) electrons. The lowest BCUT2D eigenvalue weighted by atomic mass is 9.87. The van der Waals surface area contributed by atoms with Crippen LogP contribution in [0.4, 0.5) is 0 Å². The van der Waals surface area contributed by atoms with Gasteiger partial charge in [-0.3, -0.25) is 0 Å². The number of methoxy groups -OCH3 is 2. The molecular weight excluding hydrogens is 271 g/mol. The first-order valence-electron chi connectivity index (χ1n) is 7.49. The van der Waals surface area contributed by atoms with Crippen LogP contribution >= 0.6 is 0 Å². The summed E-state index contributed by atoms with van der Waals surface area (Å²) in [7, 11) is 5.54. The fourth-order valence-corrected chi connectivity index (χ4v) is 2.63. The van der Waals surface area contributed by atoms with Crippen LogP contribution in [-0.2, 0) is 11.2 Å². The highest BCUT2D eigenvalue weighted by Crippen LogP contribution is 2.26. The van der Waals surface area contributed by atoms with Crippen molar-refractivity contribution >= 4 is 18.9 Å². The molecule has 2 rings (SSSR count). The number of benzene rings is 2. The van der Waals surface area contributed by atoms with Crippen molar-refractivity contribution in [3.8, 4) is 5.75 Å². The van der Waals surface area contributed by atoms with E-state index in [0.717, 1.165) is 41.0 Å². The molecule has 0 fully saturated rings. The molecule has 2 aromatic rings. The lowest BCUT2D eigenvalue weighted by molar-refractivity contribution is 0.202. The molecule has 0 spiro atoms. The Hall–Kier alpha value is -2.00. The fourth-order valence-electron chi connectivity index (χ4n) is 2.63. The van der Waals surface area contributed by atoms with Crippen molar-refractivity contribution in [3.05, 3.63) is 65.2 Å². The zero-order valence-corrected chi connectivity index (χ0v) is 13.9. The van der Waals surface area contributed by atoms with Crippen LogP contribution in [-0.4, -0.2) is 28.7 Å². The van der Waals surface area contributed by atoms with E-state index >= 15 is 0 Å². The van der Waals surface area contributed by atoms with Gasteiger partial charge in [-0.15, -0.1) is 0 Å². The van der Waals surface area contributed by atoms with Gasteiger partial charge in [-0.25, -0.2) is 0 Å². The van der Waals surface area contributed by atoms with Gasteiger partial charge in [0.1, 0.15) is 13.6 Å². The van der Waals surface area contributed by atoms with E-state index in [1.807, 2.05) is 6.07 Å². The Balaban J connectivity index is 2.32. The van der Waals surface area contributed by atoms with Gasteiger partial charge in [-0.05, 0) is 53.3 Å². The minimum absolute atomic E-state index is 0.733. The largest absolute Gasteiger partial charge is 0.496 e. The smallest absolute Gasteiger partial charge is 0.139 e. The van der Waals surface area contributed by atoms with Crippen molar-refractivity contribution in [2.75, 3.05) is 20.8 Å². The summed E-state index contributed by atoms with van der Waals surface area (Å²) >= 11 is 0. The Morgan fingerprint density at radius 3 is 2.50 bits per heavy atom. The molecule has 0 saturated carbocycles. The highest BCUT2D eigenvalue weighted by molar-refractivity contribution is 6.32. The molecule has 0 unspecified atom stereocenters. The van der Waals surface area contributed by atoms with E-state index in [4.69, 9.17) is 9.47 Å². The molecule has 0 amide bonds. The summed E-state index contributed by atoms with van der Waals surface area (Å²) in [4.78, 5) is 0. The predicted molar refractivity (Wildman–Crippen MR) is 96.1 cm³/mol. The fraction of sp³-hybridized carbons (Fsp3) is 0.263. The third kappa shape index (κ3) is 3.80. The van der Waals surface area contributed by atoms with Crippen LogP contribution < -0.4 is 10.2 Å². The Kier molecular flexibility index (Phi) is 5.45. The molecule has 0 aliphatic carbocycles. The molecule has 0 aliphatic heterocycles. The standard InChI is InChI=1S/C19H23BO2/c1-13-9-16(5-6-19(13)22-4)14(2)17-10-15(7-8-21-3)11-18(20)12-17/h5-6,9-12H,2,7-8,20H2,1,3-4H3. The third-order valence-electron chi connectivity index (χ3n) is 3.82. The van der Waals surface area contributed by atoms with E-state index < -0.39 is 0 Å². The number of hydrogen-bond acceptors (Lipinski definition) is 2. The van der Waals surface area contributed by atoms with Crippen molar-refractivity contribution < 1.29 is 9.47 Å². The van der Waals surface area contributed by atoms with Crippen LogP contribution in [0.1, 0.15) is 22.3 Å². The maximum absolute atomic E-state index is 5.32. The van der Waals surface area contributed by atoms with Crippen molar-refractivity contribution in [1.29, 1.82) is 0 Å². The summed E-state index contributed by atoms with van der Waals surface area (Å²) < 4.78 is 10.5. The van der Waals surface area contributed by atoms with Gasteiger partial charge in [0.15, 0.2) is 0 Å². The first kappa shape index (κ1) is 16.4. The lowest BCUT2D eigenvalue weighted by Gasteiger charge is -2.12. The van der Waals surface area contributed by atoms with Gasteiger partial charge in [-0.1, -0.05) is 36.3 Å². The van der Waals surface area contributed by atoms with E-state index in [2.05, 4.69) is 51.7 Å². The highest BCUT2D eigenvalue weighted by Gasteiger charge is 2.07. The Morgan fingerprint density at radius 1 is 1.09 bits per heavy atom. The minimum Gasteiger partial charge on any atom is -0.496 e. The van der Waals surface area contributed by atoms with Gasteiger partial charge in [0.2, 0.25) is 0 Å². The summed E-state index contributed by atoms with van der Waals surface area (Å²) in [6.45, 7) is 7.07. The Labute approximate surface area is 134 Å². The molecule has 3 heteroatoms. The van der Waals surface area contributed by atoms with E-state index in [9.17, 15) is 0 Å². The SMILES string of the molecule is Bc1cc(CCOC)cc(C(=C)c2ccc(OC)c(C)c2)c1. The summed E-state index contributed by atoms with van der Waals surface area (Å²) in [6.07, 6.45) is 0.917. The Bertz CT molecular complexity index is 677. The topological polar surface area (TPSA) is 18.5 Å². The molecule has 0 heterocycles. The normalized spacial score (nSPS) is 10.5. The van der Waals surface area contributed by atoms with E-state index in [0.29, 0.717) is 0 Å². The summed E-state index contributed by atoms with van der Waals surface area (Å²) in [6, 6.07) is 12.8. The van der Waals surface area contributed by atoms with E-state index in [-0.39, 0.29) is 0 Å². The monoisotopic (exact) mass is 294 g/mol. The van der Waals surface area contributed by atoms with Gasteiger partial charge in [-0.2, -0.15) is 0 Å². The van der Waals surface area contributed by atoms with Crippen LogP contribution in [0.25, 0.3) is 5.57 Å². The molecule has 0 saturated heterocycles. The van der Waals surface area contributed by atoms with Crippen molar-refractivity contribution in [2.24, 2.45) is 0 Å². The second-order valence-corrected chi connectivity index (χ2v) is 5.61. The molecule has 2 nitrogen and oxygen atoms in total. The van der Waals surface area contributed by atoms with Crippen molar-refractivity contribution in [1.82, 2.24) is 0 Å². The minimum atomic E-state index is 0.733. The molecule has 0 aliphatic rings. The van der Waals surface area contributed by atoms with Crippen LogP contribution in [0, 0.1) is 6.92 Å². The second kappa shape index (κ2) is 7.32. The summed E-state index contributed by atoms with van der Waals surface area (Å²) in [5.74, 6) is 0.904. The quantitative estimate of drug-likeness (QED) is 0.762. The lowest BCUT2D eigenvalue weighted by Crippen LogP contribution is -2.07. The molecule has 114 valence electrons. The van der Waals surface area contributed by atoms with Gasteiger partial charge in [0.25, 0.3) is 0 Å². The van der Waals surface area contributed by atoms with Crippen LogP contribution in [0.2, 0.25) is 0 Å². The number of hydrogen-bond donors (Lipinski definition) is 0.